The first kappa shape index (κ1) is 28.3. The van der Waals surface area contributed by atoms with Crippen LogP contribution in [0.3, 0.4) is 0 Å². The van der Waals surface area contributed by atoms with Crippen LogP contribution in [0.2, 0.25) is 0 Å². The number of fused-ring (bicyclic) bond motifs is 1. The predicted octanol–water partition coefficient (Wildman–Crippen LogP) is 3.83. The van der Waals surface area contributed by atoms with Crippen molar-refractivity contribution in [2.45, 2.75) is 0 Å². The van der Waals surface area contributed by atoms with Gasteiger partial charge >= 0.3 is 5.97 Å². The van der Waals surface area contributed by atoms with Gasteiger partial charge in [0.05, 0.1) is 36.4 Å². The highest BCUT2D eigenvalue weighted by atomic mass is 32.3. The molecule has 0 radical (unpaired) electrons. The summed E-state index contributed by atoms with van der Waals surface area (Å²) in [5, 5.41) is 6.12. The third-order valence-electron chi connectivity index (χ3n) is 7.06. The Morgan fingerprint density at radius 1 is 1.05 bits per heavy atom. The van der Waals surface area contributed by atoms with Crippen LogP contribution in [-0.2, 0) is 14.3 Å². The fraction of sp³-hybridized carbons (Fsp3) is 0.241. The molecule has 2 amide bonds. The summed E-state index contributed by atoms with van der Waals surface area (Å²) in [6, 6.07) is 19.9. The van der Waals surface area contributed by atoms with Gasteiger partial charge in [-0.1, -0.05) is 30.3 Å². The van der Waals surface area contributed by atoms with Gasteiger partial charge in [0.15, 0.2) is 5.69 Å². The topological polar surface area (TPSA) is 144 Å². The first-order valence-corrected chi connectivity index (χ1v) is 14.8. The first-order chi connectivity index (χ1) is 19.6. The summed E-state index contributed by atoms with van der Waals surface area (Å²) < 4.78 is 24.4. The van der Waals surface area contributed by atoms with Crippen LogP contribution in [0, 0.1) is 0 Å². The maximum absolute atomic E-state index is 13.2. The zero-order chi connectivity index (χ0) is 29.1. The van der Waals surface area contributed by atoms with E-state index in [2.05, 4.69) is 15.6 Å². The van der Waals surface area contributed by atoms with E-state index in [4.69, 9.17) is 4.74 Å². The van der Waals surface area contributed by atoms with Gasteiger partial charge in [-0.25, -0.2) is 9.78 Å². The maximum Gasteiger partial charge on any atom is 0.356 e. The van der Waals surface area contributed by atoms with E-state index in [9.17, 15) is 23.5 Å². The smallest absolute Gasteiger partial charge is 0.356 e. The number of nitrogens with zero attached hydrogens (tertiary/aromatic N) is 3. The molecule has 3 aromatic rings. The molecule has 0 atom stereocenters. The van der Waals surface area contributed by atoms with Crippen LogP contribution in [-0.4, -0.2) is 82.1 Å². The molecule has 2 aromatic carbocycles. The van der Waals surface area contributed by atoms with Gasteiger partial charge in [0.2, 0.25) is 5.91 Å². The van der Waals surface area contributed by atoms with Gasteiger partial charge in [-0.2, -0.15) is 10.6 Å². The first-order valence-electron chi connectivity index (χ1n) is 13.0. The molecule has 0 spiro atoms. The van der Waals surface area contributed by atoms with Crippen molar-refractivity contribution in [2.75, 3.05) is 60.8 Å². The number of carbonyl (C=O) groups is 3. The fourth-order valence-corrected chi connectivity index (χ4v) is 5.98. The molecule has 1 fully saturated rings. The summed E-state index contributed by atoms with van der Waals surface area (Å²) in [5.74, 6) is -0.212. The van der Waals surface area contributed by atoms with Gasteiger partial charge in [-0.05, 0) is 42.0 Å². The van der Waals surface area contributed by atoms with E-state index in [0.29, 0.717) is 41.3 Å². The molecule has 12 heteroatoms. The van der Waals surface area contributed by atoms with E-state index >= 15 is 0 Å². The van der Waals surface area contributed by atoms with Crippen LogP contribution in [0.5, 0.6) is 0 Å². The van der Waals surface area contributed by atoms with E-state index in [1.54, 1.807) is 18.0 Å². The number of esters is 1. The number of hydrogen-bond acceptors (Lipinski definition) is 9. The second-order valence-electron chi connectivity index (χ2n) is 9.77. The van der Waals surface area contributed by atoms with Crippen molar-refractivity contribution in [3.63, 3.8) is 0 Å². The Labute approximate surface area is 239 Å². The van der Waals surface area contributed by atoms with E-state index < -0.39 is 16.6 Å². The van der Waals surface area contributed by atoms with E-state index in [1.807, 2.05) is 59.5 Å². The molecule has 0 bridgehead atoms. The van der Waals surface area contributed by atoms with Crippen LogP contribution >= 0.6 is 10.6 Å². The zero-order valence-corrected chi connectivity index (χ0v) is 23.5. The second-order valence-corrected chi connectivity index (χ2v) is 12.2. The number of amides is 2. The third-order valence-corrected chi connectivity index (χ3v) is 8.73. The van der Waals surface area contributed by atoms with Crippen molar-refractivity contribution in [2.24, 2.45) is 0 Å². The van der Waals surface area contributed by atoms with E-state index in [0.717, 1.165) is 5.56 Å². The Bertz CT molecular complexity index is 1500. The number of hydrogen-bond donors (Lipinski definition) is 4. The molecule has 41 heavy (non-hydrogen) atoms. The minimum absolute atomic E-state index is 0.0904. The molecule has 214 valence electrons. The van der Waals surface area contributed by atoms with Gasteiger partial charge in [0.1, 0.15) is 5.82 Å². The molecular formula is C29H31N5O6S. The van der Waals surface area contributed by atoms with Crippen molar-refractivity contribution >= 4 is 56.8 Å². The maximum atomic E-state index is 13.2. The van der Waals surface area contributed by atoms with Crippen molar-refractivity contribution in [1.82, 2.24) is 9.88 Å². The summed E-state index contributed by atoms with van der Waals surface area (Å²) in [7, 11) is 0.456. The van der Waals surface area contributed by atoms with Gasteiger partial charge in [-0.3, -0.25) is 23.6 Å². The summed E-state index contributed by atoms with van der Waals surface area (Å²) in [5.41, 5.74) is 3.74. The van der Waals surface area contributed by atoms with Crippen LogP contribution in [0.1, 0.15) is 21.6 Å². The quantitative estimate of drug-likeness (QED) is 0.243. The van der Waals surface area contributed by atoms with Crippen molar-refractivity contribution < 1.29 is 28.2 Å². The summed E-state index contributed by atoms with van der Waals surface area (Å²) in [4.78, 5) is 45.8. The van der Waals surface area contributed by atoms with Crippen molar-refractivity contribution in [1.29, 1.82) is 0 Å². The Balaban J connectivity index is 1.38. The van der Waals surface area contributed by atoms with Gasteiger partial charge in [0.25, 0.3) is 5.91 Å². The fourth-order valence-electron chi connectivity index (χ4n) is 4.68. The molecule has 0 saturated carbocycles. The highest BCUT2D eigenvalue weighted by molar-refractivity contribution is 8.24. The highest BCUT2D eigenvalue weighted by Gasteiger charge is 2.31. The Hall–Kier alpha value is -4.23. The number of benzene rings is 2. The molecule has 11 nitrogen and oxygen atoms in total. The standard InChI is InChI=1S/C29H31N5O6S/c1-33(24(35)18-34-14-16-41(38,39)17-15-34)21-10-8-20(9-11-21)30-26(19-6-4-3-5-7-19)25-22-12-13-23(29(37)40-2)31-27(22)32-28(25)36/h3-13,30,38-39H,14-18H2,1-2H3,(H,31,32,36). The molecule has 4 N–H and O–H groups in total. The number of anilines is 3. The van der Waals surface area contributed by atoms with Crippen molar-refractivity contribution in [3.8, 4) is 0 Å². The Morgan fingerprint density at radius 3 is 2.39 bits per heavy atom. The number of methoxy groups -OCH3 is 1. The van der Waals surface area contributed by atoms with E-state index in [1.165, 1.54) is 13.2 Å². The highest BCUT2D eigenvalue weighted by Crippen LogP contribution is 2.40. The Kier molecular flexibility index (Phi) is 8.08. The number of ether oxygens (including phenoxy) is 1. The number of rotatable bonds is 7. The monoisotopic (exact) mass is 577 g/mol. The largest absolute Gasteiger partial charge is 0.464 e. The number of likely N-dealkylation sites (N-methyl/N-ethyl adjacent to an activating group) is 1. The lowest BCUT2D eigenvalue weighted by Crippen LogP contribution is -2.44. The zero-order valence-electron chi connectivity index (χ0n) is 22.7. The van der Waals surface area contributed by atoms with Crippen LogP contribution in [0.25, 0.3) is 11.3 Å². The lowest BCUT2D eigenvalue weighted by atomic mass is 10.0. The summed E-state index contributed by atoms with van der Waals surface area (Å²) in [6.45, 7) is 1.13. The minimum atomic E-state index is -2.52. The number of aromatic nitrogens is 1. The molecule has 1 saturated heterocycles. The molecule has 2 aliphatic rings. The summed E-state index contributed by atoms with van der Waals surface area (Å²) in [6.07, 6.45) is 0. The van der Waals surface area contributed by atoms with Crippen molar-refractivity contribution in [3.05, 3.63) is 83.6 Å². The van der Waals surface area contributed by atoms with Gasteiger partial charge in [0, 0.05) is 37.1 Å². The average Bonchev–Trinajstić information content (AvgIpc) is 3.31. The van der Waals surface area contributed by atoms with Crippen LogP contribution < -0.4 is 15.5 Å². The Morgan fingerprint density at radius 2 is 1.73 bits per heavy atom. The number of nitrogens with one attached hydrogen (secondary N) is 2. The molecule has 5 rings (SSSR count). The predicted molar refractivity (Wildman–Crippen MR) is 160 cm³/mol. The van der Waals surface area contributed by atoms with Crippen LogP contribution in [0.15, 0.2) is 66.7 Å². The van der Waals surface area contributed by atoms with Gasteiger partial charge < -0.3 is 20.3 Å². The van der Waals surface area contributed by atoms with Crippen LogP contribution in [0.4, 0.5) is 17.2 Å². The molecule has 3 heterocycles. The molecule has 1 aromatic heterocycles. The third kappa shape index (κ3) is 6.25. The SMILES string of the molecule is COC(=O)c1ccc2c(n1)NC(=O)C2=C(Nc1ccc(N(C)C(=O)CN2CCS(O)(O)CC2)cc1)c1ccccc1. The average molecular weight is 578 g/mol. The minimum Gasteiger partial charge on any atom is -0.464 e. The lowest BCUT2D eigenvalue weighted by Gasteiger charge is -2.41. The molecule has 0 aliphatic carbocycles. The normalized spacial score (nSPS) is 18.1. The van der Waals surface area contributed by atoms with Gasteiger partial charge in [-0.15, -0.1) is 0 Å². The number of pyridine rings is 1. The molecular weight excluding hydrogens is 546 g/mol. The second kappa shape index (κ2) is 11.7. The molecule has 0 unspecified atom stereocenters. The van der Waals surface area contributed by atoms with E-state index in [-0.39, 0.29) is 41.4 Å². The molecule has 2 aliphatic heterocycles. The summed E-state index contributed by atoms with van der Waals surface area (Å²) >= 11 is 0. The number of carbonyl (C=O) groups excluding carboxylic acids is 3. The lowest BCUT2D eigenvalue weighted by molar-refractivity contribution is -0.119.